The van der Waals surface area contributed by atoms with Crippen LogP contribution in [0.2, 0.25) is 0 Å². The second-order valence-electron chi connectivity index (χ2n) is 7.51. The summed E-state index contributed by atoms with van der Waals surface area (Å²) in [6, 6.07) is 12.7. The minimum Gasteiger partial charge on any atom is -0.497 e. The van der Waals surface area contributed by atoms with Gasteiger partial charge in [-0.15, -0.1) is 0 Å². The monoisotopic (exact) mass is 492 g/mol. The van der Waals surface area contributed by atoms with Gasteiger partial charge in [0.2, 0.25) is 11.5 Å². The van der Waals surface area contributed by atoms with Gasteiger partial charge < -0.3 is 33.2 Å². The van der Waals surface area contributed by atoms with Crippen LogP contribution in [0.3, 0.4) is 0 Å². The topological polar surface area (TPSA) is 98.8 Å². The molecule has 0 aliphatic carbocycles. The number of fused-ring (bicyclic) bond motifs is 1. The maximum atomic E-state index is 12.9. The molecular formula is C27H24O9. The van der Waals surface area contributed by atoms with Crippen molar-refractivity contribution in [1.29, 1.82) is 0 Å². The van der Waals surface area contributed by atoms with Gasteiger partial charge in [0.1, 0.15) is 23.0 Å². The van der Waals surface area contributed by atoms with E-state index in [1.807, 2.05) is 0 Å². The summed E-state index contributed by atoms with van der Waals surface area (Å²) in [5.74, 6) is 1.75. The van der Waals surface area contributed by atoms with Gasteiger partial charge in [-0.05, 0) is 42.5 Å². The number of esters is 1. The van der Waals surface area contributed by atoms with Crippen molar-refractivity contribution in [1.82, 2.24) is 0 Å². The summed E-state index contributed by atoms with van der Waals surface area (Å²) in [6.07, 6.45) is 1.59. The molecule has 0 bridgehead atoms. The van der Waals surface area contributed by atoms with E-state index in [1.54, 1.807) is 37.5 Å². The van der Waals surface area contributed by atoms with Gasteiger partial charge in [-0.1, -0.05) is 0 Å². The molecule has 0 atom stereocenters. The third-order valence-electron chi connectivity index (χ3n) is 5.48. The first-order chi connectivity index (χ1) is 17.4. The van der Waals surface area contributed by atoms with Gasteiger partial charge in [-0.3, -0.25) is 4.79 Å². The zero-order valence-corrected chi connectivity index (χ0v) is 20.4. The van der Waals surface area contributed by atoms with E-state index in [-0.39, 0.29) is 28.6 Å². The van der Waals surface area contributed by atoms with Crippen LogP contribution in [0.5, 0.6) is 40.2 Å². The van der Waals surface area contributed by atoms with E-state index in [0.29, 0.717) is 39.9 Å². The molecule has 0 N–H and O–H groups in total. The fourth-order valence-electron chi connectivity index (χ4n) is 3.67. The molecule has 0 fully saturated rings. The minimum absolute atomic E-state index is 0.113. The summed E-state index contributed by atoms with van der Waals surface area (Å²) in [4.78, 5) is 25.7. The predicted molar refractivity (Wildman–Crippen MR) is 130 cm³/mol. The molecule has 1 aliphatic heterocycles. The van der Waals surface area contributed by atoms with Gasteiger partial charge in [-0.2, -0.15) is 0 Å². The first-order valence-corrected chi connectivity index (χ1v) is 10.7. The van der Waals surface area contributed by atoms with E-state index in [1.165, 1.54) is 52.7 Å². The number of allylic oxidation sites excluding steroid dienone is 1. The van der Waals surface area contributed by atoms with Crippen molar-refractivity contribution in [2.24, 2.45) is 0 Å². The predicted octanol–water partition coefficient (Wildman–Crippen LogP) is 4.57. The number of methoxy groups -OCH3 is 5. The number of hydrogen-bond acceptors (Lipinski definition) is 9. The Labute approximate surface area is 207 Å². The van der Waals surface area contributed by atoms with Gasteiger partial charge in [0.25, 0.3) is 0 Å². The molecule has 9 heteroatoms. The van der Waals surface area contributed by atoms with Crippen LogP contribution >= 0.6 is 0 Å². The molecule has 1 heterocycles. The second-order valence-corrected chi connectivity index (χ2v) is 7.51. The smallest absolute Gasteiger partial charge is 0.343 e. The van der Waals surface area contributed by atoms with Crippen LogP contribution < -0.4 is 33.2 Å². The van der Waals surface area contributed by atoms with Gasteiger partial charge >= 0.3 is 5.97 Å². The molecule has 186 valence electrons. The number of carbonyl (C=O) groups is 2. The highest BCUT2D eigenvalue weighted by Crippen LogP contribution is 2.39. The van der Waals surface area contributed by atoms with E-state index in [2.05, 4.69) is 0 Å². The minimum atomic E-state index is -0.655. The second kappa shape index (κ2) is 10.3. The number of benzene rings is 3. The molecule has 9 nitrogen and oxygen atoms in total. The van der Waals surface area contributed by atoms with Crippen LogP contribution in [0.15, 0.2) is 54.3 Å². The lowest BCUT2D eigenvalue weighted by Gasteiger charge is -2.13. The Balaban J connectivity index is 1.57. The Morgan fingerprint density at radius 2 is 1.42 bits per heavy atom. The lowest BCUT2D eigenvalue weighted by molar-refractivity contribution is 0.0733. The lowest BCUT2D eigenvalue weighted by atomic mass is 10.1. The van der Waals surface area contributed by atoms with Crippen LogP contribution in [0.1, 0.15) is 26.3 Å². The van der Waals surface area contributed by atoms with Crippen LogP contribution in [0, 0.1) is 0 Å². The van der Waals surface area contributed by atoms with Crippen molar-refractivity contribution >= 4 is 17.8 Å². The number of ketones is 1. The fourth-order valence-corrected chi connectivity index (χ4v) is 3.67. The standard InChI is InChI=1S/C27H24O9/c1-30-17-7-6-15(20(13-17)31-2)10-22-25(28)19-9-8-18(14-21(19)36-22)35-27(29)16-11-23(32-3)26(34-5)24(12-16)33-4/h6-14H,1-5H3/b22-10-. The molecule has 0 amide bonds. The summed E-state index contributed by atoms with van der Waals surface area (Å²) in [7, 11) is 7.45. The zero-order valence-electron chi connectivity index (χ0n) is 20.4. The first kappa shape index (κ1) is 24.5. The molecule has 3 aromatic rings. The van der Waals surface area contributed by atoms with E-state index >= 15 is 0 Å². The Morgan fingerprint density at radius 3 is 2.03 bits per heavy atom. The van der Waals surface area contributed by atoms with Crippen molar-refractivity contribution in [3.8, 4) is 40.2 Å². The molecule has 0 aromatic heterocycles. The average molecular weight is 492 g/mol. The number of ether oxygens (including phenoxy) is 7. The summed E-state index contributed by atoms with van der Waals surface area (Å²) >= 11 is 0. The van der Waals surface area contributed by atoms with E-state index in [0.717, 1.165) is 0 Å². The van der Waals surface area contributed by atoms with Crippen LogP contribution in [-0.4, -0.2) is 47.3 Å². The molecule has 1 aliphatic rings. The fraction of sp³-hybridized carbons (Fsp3) is 0.185. The van der Waals surface area contributed by atoms with Crippen LogP contribution in [0.4, 0.5) is 0 Å². The molecule has 0 spiro atoms. The molecule has 36 heavy (non-hydrogen) atoms. The van der Waals surface area contributed by atoms with Crippen molar-refractivity contribution < 1.29 is 42.7 Å². The van der Waals surface area contributed by atoms with Gasteiger partial charge in [0.05, 0.1) is 46.7 Å². The SMILES string of the molecule is COc1ccc(/C=C2\Oc3cc(OC(=O)c4cc(OC)c(OC)c(OC)c4)ccc3C2=O)c(OC)c1. The Morgan fingerprint density at radius 1 is 0.750 bits per heavy atom. The van der Waals surface area contributed by atoms with Crippen LogP contribution in [-0.2, 0) is 0 Å². The summed E-state index contributed by atoms with van der Waals surface area (Å²) < 4.78 is 37.8. The highest BCUT2D eigenvalue weighted by atomic mass is 16.5. The molecular weight excluding hydrogens is 468 g/mol. The molecule has 4 rings (SSSR count). The summed E-state index contributed by atoms with van der Waals surface area (Å²) in [5, 5.41) is 0. The van der Waals surface area contributed by atoms with Crippen molar-refractivity contribution in [2.75, 3.05) is 35.5 Å². The van der Waals surface area contributed by atoms with Crippen LogP contribution in [0.25, 0.3) is 6.08 Å². The molecule has 0 saturated carbocycles. The van der Waals surface area contributed by atoms with Gasteiger partial charge in [0, 0.05) is 17.7 Å². The first-order valence-electron chi connectivity index (χ1n) is 10.7. The number of Topliss-reactive ketones (excluding diaryl/α,β-unsaturated/α-hetero) is 1. The number of hydrogen-bond donors (Lipinski definition) is 0. The van der Waals surface area contributed by atoms with E-state index < -0.39 is 5.97 Å². The van der Waals surface area contributed by atoms with Crippen molar-refractivity contribution in [2.45, 2.75) is 0 Å². The van der Waals surface area contributed by atoms with Crippen molar-refractivity contribution in [3.63, 3.8) is 0 Å². The molecule has 0 unspecified atom stereocenters. The molecule has 0 radical (unpaired) electrons. The molecule has 0 saturated heterocycles. The van der Waals surface area contributed by atoms with E-state index in [9.17, 15) is 9.59 Å². The number of carbonyl (C=O) groups excluding carboxylic acids is 2. The highest BCUT2D eigenvalue weighted by Gasteiger charge is 2.29. The Hall–Kier alpha value is -4.66. The summed E-state index contributed by atoms with van der Waals surface area (Å²) in [6.45, 7) is 0. The summed E-state index contributed by atoms with van der Waals surface area (Å²) in [5.41, 5.74) is 1.18. The molecule has 3 aromatic carbocycles. The maximum absolute atomic E-state index is 12.9. The number of rotatable bonds is 8. The van der Waals surface area contributed by atoms with Gasteiger partial charge in [-0.25, -0.2) is 4.79 Å². The lowest BCUT2D eigenvalue weighted by Crippen LogP contribution is -2.09. The highest BCUT2D eigenvalue weighted by molar-refractivity contribution is 6.14. The third-order valence-corrected chi connectivity index (χ3v) is 5.48. The van der Waals surface area contributed by atoms with E-state index in [4.69, 9.17) is 33.2 Å². The average Bonchev–Trinajstić information content (AvgIpc) is 3.21. The normalized spacial score (nSPS) is 13.0. The van der Waals surface area contributed by atoms with Gasteiger partial charge in [0.15, 0.2) is 17.3 Å². The van der Waals surface area contributed by atoms with Crippen molar-refractivity contribution in [3.05, 3.63) is 71.0 Å². The quantitative estimate of drug-likeness (QED) is 0.254. The maximum Gasteiger partial charge on any atom is 0.343 e. The largest absolute Gasteiger partial charge is 0.497 e. The third kappa shape index (κ3) is 4.63. The Bertz CT molecular complexity index is 1330. The Kier molecular flexibility index (Phi) is 7.00. The zero-order chi connectivity index (χ0) is 25.8.